The van der Waals surface area contributed by atoms with Crippen molar-refractivity contribution in [2.75, 3.05) is 18.2 Å². The Bertz CT molecular complexity index is 581. The van der Waals surface area contributed by atoms with Crippen molar-refractivity contribution in [1.82, 2.24) is 20.3 Å². The summed E-state index contributed by atoms with van der Waals surface area (Å²) in [6, 6.07) is 1.63. The van der Waals surface area contributed by atoms with Crippen LogP contribution in [-0.2, 0) is 0 Å². The van der Waals surface area contributed by atoms with Crippen molar-refractivity contribution >= 4 is 17.7 Å². The molecule has 1 amide bonds. The molecule has 2 heterocycles. The molecule has 0 radical (unpaired) electrons. The van der Waals surface area contributed by atoms with Crippen LogP contribution in [0.15, 0.2) is 10.7 Å². The van der Waals surface area contributed by atoms with Crippen molar-refractivity contribution in [3.63, 3.8) is 0 Å². The summed E-state index contributed by atoms with van der Waals surface area (Å²) in [6.45, 7) is 1.74. The lowest BCUT2D eigenvalue weighted by molar-refractivity contribution is 0.101. The van der Waals surface area contributed by atoms with Gasteiger partial charge in [-0.25, -0.2) is 9.61 Å². The van der Waals surface area contributed by atoms with Gasteiger partial charge in [-0.05, 0) is 17.2 Å². The maximum Gasteiger partial charge on any atom is 0.284 e. The summed E-state index contributed by atoms with van der Waals surface area (Å²) in [5.41, 5.74) is 5.90. The number of nitrogens with zero attached hydrogens (tertiary/aromatic N) is 4. The first-order chi connectivity index (χ1) is 8.60. The summed E-state index contributed by atoms with van der Waals surface area (Å²) in [4.78, 5) is 19.7. The lowest BCUT2D eigenvalue weighted by atomic mass is 10.4. The summed E-state index contributed by atoms with van der Waals surface area (Å²) >= 11 is 0. The molecule has 0 aromatic carbocycles. The van der Waals surface area contributed by atoms with E-state index >= 15 is 0 Å². The van der Waals surface area contributed by atoms with Gasteiger partial charge in [0, 0.05) is 11.8 Å². The van der Waals surface area contributed by atoms with Gasteiger partial charge in [0.15, 0.2) is 0 Å². The zero-order valence-electron chi connectivity index (χ0n) is 9.67. The number of nitrogen functional groups attached to an aromatic ring is 1. The first kappa shape index (κ1) is 11.8. The second kappa shape index (κ2) is 4.65. The third-order valence-electron chi connectivity index (χ3n) is 1.99. The third kappa shape index (κ3) is 2.34. The van der Waals surface area contributed by atoms with Crippen LogP contribution in [0, 0.1) is 6.92 Å². The van der Waals surface area contributed by atoms with Gasteiger partial charge in [-0.1, -0.05) is 0 Å². The van der Waals surface area contributed by atoms with Crippen molar-refractivity contribution < 1.29 is 14.2 Å². The van der Waals surface area contributed by atoms with Crippen LogP contribution in [0.25, 0.3) is 0 Å². The summed E-state index contributed by atoms with van der Waals surface area (Å²) in [7, 11) is 1.47. The van der Waals surface area contributed by atoms with Gasteiger partial charge >= 0.3 is 0 Å². The molecule has 0 aliphatic carbocycles. The lowest BCUT2D eigenvalue weighted by Gasteiger charge is -2.04. The minimum Gasteiger partial charge on any atom is -0.481 e. The summed E-state index contributed by atoms with van der Waals surface area (Å²) in [5, 5.41) is 9.08. The number of nitrogens with two attached hydrogens (primary N) is 1. The zero-order valence-corrected chi connectivity index (χ0v) is 9.67. The average molecular weight is 250 g/mol. The molecule has 0 fully saturated rings. The Morgan fingerprint density at radius 2 is 2.22 bits per heavy atom. The van der Waals surface area contributed by atoms with E-state index in [9.17, 15) is 4.79 Å². The van der Waals surface area contributed by atoms with E-state index in [1.54, 1.807) is 13.0 Å². The number of carbonyl (C=O) groups excluding carboxylic acids is 1. The van der Waals surface area contributed by atoms with E-state index in [2.05, 4.69) is 30.2 Å². The molecule has 0 spiro atoms. The largest absolute Gasteiger partial charge is 0.481 e. The molecule has 0 atom stereocenters. The van der Waals surface area contributed by atoms with Crippen LogP contribution in [0.1, 0.15) is 16.2 Å². The van der Waals surface area contributed by atoms with Gasteiger partial charge in [0.25, 0.3) is 5.91 Å². The van der Waals surface area contributed by atoms with Crippen molar-refractivity contribution in [2.45, 2.75) is 6.92 Å². The zero-order chi connectivity index (χ0) is 13.1. The number of hydrogen-bond acceptors (Lipinski definition) is 8. The number of aromatic nitrogens is 4. The maximum atomic E-state index is 11.7. The first-order valence-electron chi connectivity index (χ1n) is 4.89. The predicted octanol–water partition coefficient (Wildman–Crippen LogP) is 0.0111. The van der Waals surface area contributed by atoms with E-state index < -0.39 is 5.91 Å². The van der Waals surface area contributed by atoms with Crippen LogP contribution in [-0.4, -0.2) is 33.3 Å². The first-order valence-corrected chi connectivity index (χ1v) is 4.89. The second-order valence-corrected chi connectivity index (χ2v) is 3.33. The molecule has 0 aliphatic heterocycles. The number of ether oxygens (including phenoxy) is 1. The van der Waals surface area contributed by atoms with Crippen LogP contribution in [0.5, 0.6) is 5.88 Å². The molecule has 9 heteroatoms. The Hall–Kier alpha value is -2.71. The fraction of sp³-hybridized carbons (Fsp3) is 0.222. The van der Waals surface area contributed by atoms with E-state index in [1.807, 2.05) is 0 Å². The maximum absolute atomic E-state index is 11.7. The highest BCUT2D eigenvalue weighted by Gasteiger charge is 2.17. The molecular weight excluding hydrogens is 240 g/mol. The highest BCUT2D eigenvalue weighted by molar-refractivity contribution is 6.04. The summed E-state index contributed by atoms with van der Waals surface area (Å²) in [6.07, 6.45) is 0. The van der Waals surface area contributed by atoms with Gasteiger partial charge in [0.05, 0.1) is 7.11 Å². The quantitative estimate of drug-likeness (QED) is 0.779. The molecule has 0 aliphatic rings. The average Bonchev–Trinajstić information content (AvgIpc) is 2.74. The molecule has 0 saturated carbocycles. The van der Waals surface area contributed by atoms with Crippen LogP contribution < -0.4 is 15.8 Å². The Balaban J connectivity index is 2.22. The van der Waals surface area contributed by atoms with E-state index in [0.29, 0.717) is 11.6 Å². The number of amides is 1. The van der Waals surface area contributed by atoms with E-state index in [4.69, 9.17) is 10.5 Å². The lowest BCUT2D eigenvalue weighted by Crippen LogP contribution is -2.16. The smallest absolute Gasteiger partial charge is 0.284 e. The van der Waals surface area contributed by atoms with Crippen LogP contribution in [0.3, 0.4) is 0 Å². The van der Waals surface area contributed by atoms with Crippen LogP contribution in [0.2, 0.25) is 0 Å². The normalized spacial score (nSPS) is 10.1. The van der Waals surface area contributed by atoms with E-state index in [-0.39, 0.29) is 17.5 Å². The molecule has 0 unspecified atom stereocenters. The Labute approximate surface area is 101 Å². The van der Waals surface area contributed by atoms with E-state index in [1.165, 1.54) is 7.11 Å². The number of rotatable bonds is 3. The third-order valence-corrected chi connectivity index (χ3v) is 1.99. The summed E-state index contributed by atoms with van der Waals surface area (Å²) in [5.74, 6) is -0.295. The summed E-state index contributed by atoms with van der Waals surface area (Å²) < 4.78 is 9.28. The van der Waals surface area contributed by atoms with Crippen molar-refractivity contribution in [3.05, 3.63) is 17.5 Å². The molecule has 3 N–H and O–H groups in total. The number of anilines is 2. The molecule has 94 valence electrons. The van der Waals surface area contributed by atoms with Crippen molar-refractivity contribution in [1.29, 1.82) is 0 Å². The van der Waals surface area contributed by atoms with Gasteiger partial charge in [-0.2, -0.15) is 4.98 Å². The van der Waals surface area contributed by atoms with Crippen LogP contribution in [0.4, 0.5) is 11.8 Å². The fourth-order valence-electron chi connectivity index (χ4n) is 1.21. The molecule has 18 heavy (non-hydrogen) atoms. The second-order valence-electron chi connectivity index (χ2n) is 3.33. The van der Waals surface area contributed by atoms with Crippen LogP contribution >= 0.6 is 0 Å². The van der Waals surface area contributed by atoms with Crippen molar-refractivity contribution in [2.24, 2.45) is 0 Å². The highest BCUT2D eigenvalue weighted by atomic mass is 16.6. The number of aryl methyl sites for hydroxylation is 1. The standard InChI is InChI=1S/C9H10N6O3/c1-4-3-5(17-2)12-9(11-4)13-8(16)6-7(10)15-18-14-6/h3H,1-2H3,(H2,10,15)(H,11,12,13,16). The Morgan fingerprint density at radius 3 is 2.83 bits per heavy atom. The Kier molecular flexibility index (Phi) is 3.04. The molecule has 0 saturated heterocycles. The predicted molar refractivity (Wildman–Crippen MR) is 60.0 cm³/mol. The highest BCUT2D eigenvalue weighted by Crippen LogP contribution is 2.13. The minimum atomic E-state index is -0.610. The molecule has 0 bridgehead atoms. The topological polar surface area (TPSA) is 129 Å². The van der Waals surface area contributed by atoms with Gasteiger partial charge in [0.2, 0.25) is 23.3 Å². The van der Waals surface area contributed by atoms with Gasteiger partial charge in [0.1, 0.15) is 0 Å². The molecule has 2 aromatic heterocycles. The van der Waals surface area contributed by atoms with Gasteiger partial charge in [-0.3, -0.25) is 10.1 Å². The molecule has 9 nitrogen and oxygen atoms in total. The minimum absolute atomic E-state index is 0.0826. The molecular formula is C9H10N6O3. The SMILES string of the molecule is COc1cc(C)nc(NC(=O)c2nonc2N)n1. The van der Waals surface area contributed by atoms with Crippen molar-refractivity contribution in [3.8, 4) is 5.88 Å². The Morgan fingerprint density at radius 1 is 1.44 bits per heavy atom. The number of nitrogens with one attached hydrogen (secondary N) is 1. The molecule has 2 aromatic rings. The molecule has 2 rings (SSSR count). The monoisotopic (exact) mass is 250 g/mol. The van der Waals surface area contributed by atoms with Gasteiger partial charge < -0.3 is 10.5 Å². The number of methoxy groups -OCH3 is 1. The number of carbonyl (C=O) groups is 1. The van der Waals surface area contributed by atoms with E-state index in [0.717, 1.165) is 0 Å². The number of hydrogen-bond donors (Lipinski definition) is 2. The van der Waals surface area contributed by atoms with Gasteiger partial charge in [-0.15, -0.1) is 0 Å². The fourth-order valence-corrected chi connectivity index (χ4v) is 1.21.